The molecule has 1 saturated heterocycles. The van der Waals surface area contributed by atoms with Crippen molar-refractivity contribution in [3.05, 3.63) is 54.1 Å². The van der Waals surface area contributed by atoms with E-state index in [0.717, 1.165) is 6.61 Å². The lowest BCUT2D eigenvalue weighted by Gasteiger charge is -2.13. The molecule has 0 radical (unpaired) electrons. The number of ether oxygens (including phenoxy) is 2. The average Bonchev–Trinajstić information content (AvgIpc) is 2.85. The van der Waals surface area contributed by atoms with Gasteiger partial charge in [0.2, 0.25) is 0 Å². The van der Waals surface area contributed by atoms with Crippen molar-refractivity contribution < 1.29 is 9.47 Å². The van der Waals surface area contributed by atoms with Crippen LogP contribution >= 0.6 is 0 Å². The molecule has 2 nitrogen and oxygen atoms in total. The molecule has 1 aromatic carbocycles. The molecule has 2 heteroatoms. The van der Waals surface area contributed by atoms with Gasteiger partial charge in [-0.3, -0.25) is 0 Å². The standard InChI is InChI=1S/C15H18O2/c1-3-12-9-17-11-15(12)14(10-16-2)13-7-5-4-6-8-13/h3-8,12H,1,9-11H2,2H3/b15-14-. The summed E-state index contributed by atoms with van der Waals surface area (Å²) in [5.41, 5.74) is 3.74. The molecule has 90 valence electrons. The number of rotatable bonds is 4. The smallest absolute Gasteiger partial charge is 0.0719 e. The van der Waals surface area contributed by atoms with E-state index < -0.39 is 0 Å². The summed E-state index contributed by atoms with van der Waals surface area (Å²) in [5.74, 6) is 0.320. The minimum absolute atomic E-state index is 0.320. The van der Waals surface area contributed by atoms with Crippen LogP contribution in [0.4, 0.5) is 0 Å². The van der Waals surface area contributed by atoms with E-state index in [-0.39, 0.29) is 0 Å². The fourth-order valence-electron chi connectivity index (χ4n) is 2.17. The number of hydrogen-bond donors (Lipinski definition) is 0. The van der Waals surface area contributed by atoms with E-state index in [0.29, 0.717) is 19.1 Å². The zero-order chi connectivity index (χ0) is 12.1. The zero-order valence-electron chi connectivity index (χ0n) is 10.2. The molecule has 1 fully saturated rings. The van der Waals surface area contributed by atoms with Gasteiger partial charge in [0.15, 0.2) is 0 Å². The van der Waals surface area contributed by atoms with Crippen molar-refractivity contribution in [1.82, 2.24) is 0 Å². The van der Waals surface area contributed by atoms with E-state index in [9.17, 15) is 0 Å². The summed E-state index contributed by atoms with van der Waals surface area (Å²) in [5, 5.41) is 0. The summed E-state index contributed by atoms with van der Waals surface area (Å²) in [6.07, 6.45) is 1.96. The molecule has 0 amide bonds. The van der Waals surface area contributed by atoms with E-state index in [1.807, 2.05) is 24.3 Å². The van der Waals surface area contributed by atoms with Crippen molar-refractivity contribution in [1.29, 1.82) is 0 Å². The minimum Gasteiger partial charge on any atom is -0.380 e. The Hall–Kier alpha value is -1.38. The first-order chi connectivity index (χ1) is 8.36. The molecule has 1 aliphatic rings. The van der Waals surface area contributed by atoms with Crippen LogP contribution in [0.3, 0.4) is 0 Å². The topological polar surface area (TPSA) is 18.5 Å². The first-order valence-corrected chi connectivity index (χ1v) is 5.83. The Kier molecular flexibility index (Phi) is 4.13. The minimum atomic E-state index is 0.320. The molecule has 1 unspecified atom stereocenters. The van der Waals surface area contributed by atoms with E-state index in [4.69, 9.17) is 9.47 Å². The van der Waals surface area contributed by atoms with Crippen LogP contribution in [0.15, 0.2) is 48.6 Å². The van der Waals surface area contributed by atoms with Crippen molar-refractivity contribution >= 4 is 5.57 Å². The highest BCUT2D eigenvalue weighted by atomic mass is 16.5. The molecule has 2 rings (SSSR count). The second-order valence-corrected chi connectivity index (χ2v) is 4.16. The predicted molar refractivity (Wildman–Crippen MR) is 69.7 cm³/mol. The van der Waals surface area contributed by atoms with E-state index >= 15 is 0 Å². The highest BCUT2D eigenvalue weighted by Gasteiger charge is 2.22. The lowest BCUT2D eigenvalue weighted by atomic mass is 9.93. The van der Waals surface area contributed by atoms with Gasteiger partial charge in [0, 0.05) is 13.0 Å². The van der Waals surface area contributed by atoms with Crippen molar-refractivity contribution in [2.24, 2.45) is 5.92 Å². The van der Waals surface area contributed by atoms with Crippen molar-refractivity contribution in [2.75, 3.05) is 26.9 Å². The van der Waals surface area contributed by atoms with Gasteiger partial charge in [-0.15, -0.1) is 6.58 Å². The molecule has 1 aromatic rings. The van der Waals surface area contributed by atoms with Crippen LogP contribution in [0, 0.1) is 5.92 Å². The van der Waals surface area contributed by atoms with Gasteiger partial charge in [0.1, 0.15) is 0 Å². The van der Waals surface area contributed by atoms with Crippen LogP contribution in [0.5, 0.6) is 0 Å². The maximum Gasteiger partial charge on any atom is 0.0719 e. The molecule has 17 heavy (non-hydrogen) atoms. The average molecular weight is 230 g/mol. The zero-order valence-corrected chi connectivity index (χ0v) is 10.2. The van der Waals surface area contributed by atoms with Gasteiger partial charge in [0.25, 0.3) is 0 Å². The van der Waals surface area contributed by atoms with Crippen molar-refractivity contribution in [3.63, 3.8) is 0 Å². The van der Waals surface area contributed by atoms with Crippen LogP contribution in [-0.2, 0) is 9.47 Å². The summed E-state index contributed by atoms with van der Waals surface area (Å²) in [7, 11) is 1.72. The third kappa shape index (κ3) is 2.65. The molecule has 1 atom stereocenters. The highest BCUT2D eigenvalue weighted by Crippen LogP contribution is 2.29. The molecular formula is C15H18O2. The summed E-state index contributed by atoms with van der Waals surface area (Å²) in [6, 6.07) is 10.3. The number of hydrogen-bond acceptors (Lipinski definition) is 2. The number of benzene rings is 1. The van der Waals surface area contributed by atoms with Crippen LogP contribution in [0.2, 0.25) is 0 Å². The number of methoxy groups -OCH3 is 1. The maximum atomic E-state index is 5.52. The third-order valence-electron chi connectivity index (χ3n) is 3.09. The predicted octanol–water partition coefficient (Wildman–Crippen LogP) is 2.92. The lowest BCUT2D eigenvalue weighted by Crippen LogP contribution is -2.05. The van der Waals surface area contributed by atoms with Gasteiger partial charge in [0.05, 0.1) is 19.8 Å². The lowest BCUT2D eigenvalue weighted by molar-refractivity contribution is 0.195. The Bertz CT molecular complexity index is 406. The first kappa shape index (κ1) is 12.1. The Morgan fingerprint density at radius 2 is 2.24 bits per heavy atom. The summed E-state index contributed by atoms with van der Waals surface area (Å²) < 4.78 is 10.8. The van der Waals surface area contributed by atoms with Crippen molar-refractivity contribution in [3.8, 4) is 0 Å². The Morgan fingerprint density at radius 1 is 1.47 bits per heavy atom. The first-order valence-electron chi connectivity index (χ1n) is 5.83. The Balaban J connectivity index is 2.40. The molecule has 0 saturated carbocycles. The van der Waals surface area contributed by atoms with Crippen molar-refractivity contribution in [2.45, 2.75) is 0 Å². The fourth-order valence-corrected chi connectivity index (χ4v) is 2.17. The van der Waals surface area contributed by atoms with E-state index in [1.165, 1.54) is 16.7 Å². The molecule has 0 aromatic heterocycles. The summed E-state index contributed by atoms with van der Waals surface area (Å²) >= 11 is 0. The Morgan fingerprint density at radius 3 is 2.88 bits per heavy atom. The van der Waals surface area contributed by atoms with Gasteiger partial charge < -0.3 is 9.47 Å². The second kappa shape index (κ2) is 5.80. The van der Waals surface area contributed by atoms with Gasteiger partial charge in [-0.25, -0.2) is 0 Å². The van der Waals surface area contributed by atoms with Crippen LogP contribution in [-0.4, -0.2) is 26.9 Å². The maximum absolute atomic E-state index is 5.52. The fraction of sp³-hybridized carbons (Fsp3) is 0.333. The van der Waals surface area contributed by atoms with Crippen LogP contribution < -0.4 is 0 Å². The molecule has 0 spiro atoms. The van der Waals surface area contributed by atoms with Gasteiger partial charge in [-0.2, -0.15) is 0 Å². The Labute approximate surface area is 103 Å². The third-order valence-corrected chi connectivity index (χ3v) is 3.09. The normalized spacial score (nSPS) is 22.5. The largest absolute Gasteiger partial charge is 0.380 e. The SMILES string of the molecule is C=CC1COC/C1=C(\COC)c1ccccc1. The quantitative estimate of drug-likeness (QED) is 0.740. The molecule has 0 bridgehead atoms. The van der Waals surface area contributed by atoms with E-state index in [2.05, 4.69) is 18.7 Å². The van der Waals surface area contributed by atoms with Crippen LogP contribution in [0.25, 0.3) is 5.57 Å². The monoisotopic (exact) mass is 230 g/mol. The molecule has 0 N–H and O–H groups in total. The molecular weight excluding hydrogens is 212 g/mol. The van der Waals surface area contributed by atoms with Gasteiger partial charge >= 0.3 is 0 Å². The van der Waals surface area contributed by atoms with Crippen LogP contribution in [0.1, 0.15) is 5.56 Å². The van der Waals surface area contributed by atoms with E-state index in [1.54, 1.807) is 7.11 Å². The highest BCUT2D eigenvalue weighted by molar-refractivity contribution is 5.70. The second-order valence-electron chi connectivity index (χ2n) is 4.16. The summed E-state index contributed by atoms with van der Waals surface area (Å²) in [6.45, 7) is 5.91. The molecule has 0 aliphatic carbocycles. The molecule has 1 aliphatic heterocycles. The molecule has 1 heterocycles. The van der Waals surface area contributed by atoms with Gasteiger partial charge in [-0.05, 0) is 16.7 Å². The summed E-state index contributed by atoms with van der Waals surface area (Å²) in [4.78, 5) is 0. The van der Waals surface area contributed by atoms with Gasteiger partial charge in [-0.1, -0.05) is 36.4 Å².